The molecule has 2 aromatic heterocycles. The zero-order valence-electron chi connectivity index (χ0n) is 10.5. The average Bonchev–Trinajstić information content (AvgIpc) is 2.65. The summed E-state index contributed by atoms with van der Waals surface area (Å²) in [5.41, 5.74) is 7.15. The van der Waals surface area contributed by atoms with Gasteiger partial charge in [-0.15, -0.1) is 0 Å². The highest BCUT2D eigenvalue weighted by Crippen LogP contribution is 2.18. The van der Waals surface area contributed by atoms with Gasteiger partial charge in [-0.2, -0.15) is 5.10 Å². The minimum atomic E-state index is -0.380. The van der Waals surface area contributed by atoms with Gasteiger partial charge in [0, 0.05) is 12.6 Å². The number of carbonyl (C=O) groups is 1. The van der Waals surface area contributed by atoms with E-state index in [1.165, 1.54) is 12.4 Å². The van der Waals surface area contributed by atoms with Crippen LogP contribution in [0.15, 0.2) is 12.4 Å². The van der Waals surface area contributed by atoms with Crippen molar-refractivity contribution in [1.82, 2.24) is 19.7 Å². The summed E-state index contributed by atoms with van der Waals surface area (Å²) in [6, 6.07) is 1.45. The van der Waals surface area contributed by atoms with Crippen LogP contribution in [-0.2, 0) is 6.54 Å². The Bertz CT molecular complexity index is 624. The summed E-state index contributed by atoms with van der Waals surface area (Å²) in [5.74, 6) is -0.0689. The largest absolute Gasteiger partial charge is 0.395 e. The molecule has 0 aliphatic carbocycles. The van der Waals surface area contributed by atoms with Gasteiger partial charge in [-0.1, -0.05) is 11.6 Å². The zero-order valence-corrected chi connectivity index (χ0v) is 11.3. The first-order valence-electron chi connectivity index (χ1n) is 5.64. The van der Waals surface area contributed by atoms with Crippen molar-refractivity contribution in [1.29, 1.82) is 0 Å². The third-order valence-corrected chi connectivity index (χ3v) is 2.77. The summed E-state index contributed by atoms with van der Waals surface area (Å²) in [6.07, 6.45) is 1.27. The Morgan fingerprint density at radius 3 is 2.89 bits per heavy atom. The molecule has 19 heavy (non-hydrogen) atoms. The molecule has 0 bridgehead atoms. The van der Waals surface area contributed by atoms with Crippen molar-refractivity contribution in [2.45, 2.75) is 20.4 Å². The van der Waals surface area contributed by atoms with Crippen LogP contribution in [0.3, 0.4) is 0 Å². The molecule has 0 aliphatic heterocycles. The molecular formula is C11H13ClN6O. The minimum absolute atomic E-state index is 0.249. The first kappa shape index (κ1) is 13.3. The van der Waals surface area contributed by atoms with Gasteiger partial charge in [-0.05, 0) is 13.8 Å². The lowest BCUT2D eigenvalue weighted by molar-refractivity contribution is 0.101. The lowest BCUT2D eigenvalue weighted by atomic mass is 10.3. The van der Waals surface area contributed by atoms with Crippen LogP contribution in [0.5, 0.6) is 0 Å². The molecule has 0 spiro atoms. The number of anilines is 2. The number of carbonyl (C=O) groups excluding carboxylic acids is 1. The molecule has 100 valence electrons. The molecule has 0 aliphatic rings. The predicted molar refractivity (Wildman–Crippen MR) is 72.0 cm³/mol. The molecular weight excluding hydrogens is 268 g/mol. The lowest BCUT2D eigenvalue weighted by Crippen LogP contribution is -2.19. The summed E-state index contributed by atoms with van der Waals surface area (Å²) in [4.78, 5) is 19.8. The van der Waals surface area contributed by atoms with E-state index in [1.54, 1.807) is 11.6 Å². The quantitative estimate of drug-likeness (QED) is 0.830. The Morgan fingerprint density at radius 2 is 2.26 bits per heavy atom. The van der Waals surface area contributed by atoms with E-state index >= 15 is 0 Å². The van der Waals surface area contributed by atoms with Crippen LogP contribution >= 0.6 is 11.6 Å². The number of hydrogen-bond acceptors (Lipinski definition) is 5. The monoisotopic (exact) mass is 280 g/mol. The van der Waals surface area contributed by atoms with Gasteiger partial charge in [0.05, 0.1) is 11.4 Å². The molecule has 0 fully saturated rings. The van der Waals surface area contributed by atoms with E-state index in [-0.39, 0.29) is 11.1 Å². The zero-order chi connectivity index (χ0) is 14.0. The molecule has 8 heteroatoms. The van der Waals surface area contributed by atoms with Gasteiger partial charge in [-0.3, -0.25) is 9.48 Å². The number of nitrogens with zero attached hydrogens (tertiary/aromatic N) is 4. The normalized spacial score (nSPS) is 10.5. The molecule has 0 saturated carbocycles. The summed E-state index contributed by atoms with van der Waals surface area (Å²) in [6.45, 7) is 4.18. The molecule has 1 amide bonds. The summed E-state index contributed by atoms with van der Waals surface area (Å²) >= 11 is 5.72. The number of hydrogen-bond donors (Lipinski definition) is 2. The van der Waals surface area contributed by atoms with E-state index in [2.05, 4.69) is 20.4 Å². The fourth-order valence-electron chi connectivity index (χ4n) is 1.64. The van der Waals surface area contributed by atoms with Crippen molar-refractivity contribution in [3.8, 4) is 0 Å². The molecule has 2 heterocycles. The Hall–Kier alpha value is -2.15. The fraction of sp³-hybridized carbons (Fsp3) is 0.273. The van der Waals surface area contributed by atoms with Crippen LogP contribution in [0, 0.1) is 6.92 Å². The summed E-state index contributed by atoms with van der Waals surface area (Å²) < 4.78 is 1.54. The van der Waals surface area contributed by atoms with Gasteiger partial charge < -0.3 is 11.1 Å². The number of aryl methyl sites for hydroxylation is 2. The molecule has 0 atom stereocenters. The van der Waals surface area contributed by atoms with Crippen LogP contribution < -0.4 is 11.1 Å². The standard InChI is InChI=1S/C11H13ClN6O/c1-3-18-10(9(13)6(2)17-18)11(19)16-8-4-7(12)14-5-15-8/h4-5H,3,13H2,1-2H3,(H,14,15,16,19). The first-order chi connectivity index (χ1) is 9.02. The van der Waals surface area contributed by atoms with E-state index < -0.39 is 0 Å². The van der Waals surface area contributed by atoms with E-state index in [0.29, 0.717) is 29.4 Å². The minimum Gasteiger partial charge on any atom is -0.395 e. The van der Waals surface area contributed by atoms with E-state index in [0.717, 1.165) is 0 Å². The van der Waals surface area contributed by atoms with Gasteiger partial charge in [0.25, 0.3) is 5.91 Å². The molecule has 2 rings (SSSR count). The maximum Gasteiger partial charge on any atom is 0.277 e. The number of halogens is 1. The maximum atomic E-state index is 12.2. The van der Waals surface area contributed by atoms with Gasteiger partial charge in [0.1, 0.15) is 23.0 Å². The number of amides is 1. The SMILES string of the molecule is CCn1nc(C)c(N)c1C(=O)Nc1cc(Cl)ncn1. The van der Waals surface area contributed by atoms with Crippen LogP contribution in [0.25, 0.3) is 0 Å². The third kappa shape index (κ3) is 2.65. The number of rotatable bonds is 3. The smallest absolute Gasteiger partial charge is 0.277 e. The van der Waals surface area contributed by atoms with Crippen LogP contribution in [-0.4, -0.2) is 25.7 Å². The van der Waals surface area contributed by atoms with Crippen molar-refractivity contribution in [2.75, 3.05) is 11.1 Å². The van der Waals surface area contributed by atoms with Crippen molar-refractivity contribution in [2.24, 2.45) is 0 Å². The fourth-order valence-corrected chi connectivity index (χ4v) is 1.79. The number of aromatic nitrogens is 4. The van der Waals surface area contributed by atoms with Crippen molar-refractivity contribution in [3.05, 3.63) is 28.9 Å². The molecule has 7 nitrogen and oxygen atoms in total. The molecule has 0 radical (unpaired) electrons. The topological polar surface area (TPSA) is 98.7 Å². The van der Waals surface area contributed by atoms with Crippen molar-refractivity contribution < 1.29 is 4.79 Å². The highest BCUT2D eigenvalue weighted by Gasteiger charge is 2.19. The highest BCUT2D eigenvalue weighted by molar-refractivity contribution is 6.29. The van der Waals surface area contributed by atoms with Gasteiger partial charge in [0.2, 0.25) is 0 Å². The number of nitrogens with one attached hydrogen (secondary N) is 1. The van der Waals surface area contributed by atoms with E-state index in [1.807, 2.05) is 6.92 Å². The average molecular weight is 281 g/mol. The second-order valence-electron chi connectivity index (χ2n) is 3.84. The van der Waals surface area contributed by atoms with Crippen LogP contribution in [0.2, 0.25) is 5.15 Å². The number of nitrogens with two attached hydrogens (primary N) is 1. The van der Waals surface area contributed by atoms with Gasteiger partial charge in [0.15, 0.2) is 0 Å². The molecule has 0 unspecified atom stereocenters. The molecule has 0 aromatic carbocycles. The lowest BCUT2D eigenvalue weighted by Gasteiger charge is -2.06. The Morgan fingerprint density at radius 1 is 1.53 bits per heavy atom. The highest BCUT2D eigenvalue weighted by atomic mass is 35.5. The van der Waals surface area contributed by atoms with Crippen LogP contribution in [0.4, 0.5) is 11.5 Å². The summed E-state index contributed by atoms with van der Waals surface area (Å²) in [5, 5.41) is 7.04. The van der Waals surface area contributed by atoms with E-state index in [4.69, 9.17) is 17.3 Å². The van der Waals surface area contributed by atoms with Gasteiger partial charge in [-0.25, -0.2) is 9.97 Å². The molecule has 3 N–H and O–H groups in total. The molecule has 0 saturated heterocycles. The Balaban J connectivity index is 2.30. The third-order valence-electron chi connectivity index (χ3n) is 2.56. The van der Waals surface area contributed by atoms with Gasteiger partial charge >= 0.3 is 0 Å². The Kier molecular flexibility index (Phi) is 3.66. The number of nitrogen functional groups attached to an aromatic ring is 1. The summed E-state index contributed by atoms with van der Waals surface area (Å²) in [7, 11) is 0. The van der Waals surface area contributed by atoms with Crippen molar-refractivity contribution >= 4 is 29.0 Å². The maximum absolute atomic E-state index is 12.2. The predicted octanol–water partition coefficient (Wildman–Crippen LogP) is 1.49. The molecule has 2 aromatic rings. The Labute approximate surface area is 114 Å². The second-order valence-corrected chi connectivity index (χ2v) is 4.23. The van der Waals surface area contributed by atoms with Crippen LogP contribution in [0.1, 0.15) is 23.1 Å². The van der Waals surface area contributed by atoms with Crippen molar-refractivity contribution in [3.63, 3.8) is 0 Å². The second kappa shape index (κ2) is 5.23. The van der Waals surface area contributed by atoms with E-state index in [9.17, 15) is 4.79 Å². The first-order valence-corrected chi connectivity index (χ1v) is 6.02.